The van der Waals surface area contributed by atoms with Gasteiger partial charge in [0, 0.05) is 42.6 Å². The van der Waals surface area contributed by atoms with Crippen LogP contribution in [0.15, 0.2) is 42.9 Å². The number of carboxylic acid groups (broad SMARTS) is 1. The van der Waals surface area contributed by atoms with Crippen molar-refractivity contribution in [2.24, 2.45) is 5.92 Å². The van der Waals surface area contributed by atoms with E-state index in [-0.39, 0.29) is 36.5 Å². The Labute approximate surface area is 193 Å². The van der Waals surface area contributed by atoms with Gasteiger partial charge in [-0.2, -0.15) is 0 Å². The van der Waals surface area contributed by atoms with E-state index in [4.69, 9.17) is 5.11 Å². The summed E-state index contributed by atoms with van der Waals surface area (Å²) in [7, 11) is 0. The van der Waals surface area contributed by atoms with Crippen LogP contribution in [0.25, 0.3) is 10.9 Å². The minimum absolute atomic E-state index is 0. The largest absolute Gasteiger partial charge is 1.00 e. The van der Waals surface area contributed by atoms with Crippen molar-refractivity contribution in [1.82, 2.24) is 20.3 Å². The van der Waals surface area contributed by atoms with E-state index >= 15 is 0 Å². The van der Waals surface area contributed by atoms with Crippen molar-refractivity contribution in [2.75, 3.05) is 31.1 Å². The van der Waals surface area contributed by atoms with E-state index in [9.17, 15) is 4.79 Å². The third kappa shape index (κ3) is 5.36. The summed E-state index contributed by atoms with van der Waals surface area (Å²) in [4.78, 5) is 24.7. The number of aromatic carboxylic acids is 1. The van der Waals surface area contributed by atoms with E-state index in [0.717, 1.165) is 45.4 Å². The first-order valence-corrected chi connectivity index (χ1v) is 9.76. The number of anilines is 1. The van der Waals surface area contributed by atoms with Crippen molar-refractivity contribution in [3.8, 4) is 0 Å². The smallest absolute Gasteiger partial charge is 1.00 e. The summed E-state index contributed by atoms with van der Waals surface area (Å²) in [5.74, 6) is 0.275. The molecule has 148 valence electrons. The third-order valence-corrected chi connectivity index (χ3v) is 5.46. The summed E-state index contributed by atoms with van der Waals surface area (Å²) in [6.45, 7) is 3.80. The number of benzene rings is 1. The molecule has 0 bridgehead atoms. The maximum absolute atomic E-state index is 10.9. The molecule has 3 aromatic rings. The molecule has 29 heavy (non-hydrogen) atoms. The summed E-state index contributed by atoms with van der Waals surface area (Å²) < 4.78 is 0. The van der Waals surface area contributed by atoms with Crippen molar-refractivity contribution in [3.63, 3.8) is 0 Å². The molecule has 1 aliphatic rings. The third-order valence-electron chi connectivity index (χ3n) is 5.46. The normalized spacial score (nSPS) is 14.7. The van der Waals surface area contributed by atoms with Gasteiger partial charge in [0.05, 0.1) is 5.56 Å². The standard InChI is InChI=1S/C21H25N5O2.Na.H/c27-20(28)17-13-24-21(25-14-17)26-9-6-15(7-10-26)11-22-8-5-16-12-23-19-4-2-1-3-18(16)19;;/h1-4,12-15,22-23H,5-11H2,(H,27,28);;/q;+1;-1. The van der Waals surface area contributed by atoms with Crippen molar-refractivity contribution >= 4 is 22.8 Å². The fraction of sp³-hybridized carbons (Fsp3) is 0.381. The van der Waals surface area contributed by atoms with Crippen LogP contribution in [0.2, 0.25) is 0 Å². The molecular formula is C21H26N5NaO2. The predicted octanol–water partition coefficient (Wildman–Crippen LogP) is -0.179. The average Bonchev–Trinajstić information content (AvgIpc) is 3.15. The molecule has 2 aromatic heterocycles. The molecule has 4 rings (SSSR count). The molecule has 0 amide bonds. The van der Waals surface area contributed by atoms with Gasteiger partial charge in [0.2, 0.25) is 5.95 Å². The molecule has 8 heteroatoms. The number of para-hydroxylation sites is 1. The van der Waals surface area contributed by atoms with Gasteiger partial charge in [-0.25, -0.2) is 14.8 Å². The summed E-state index contributed by atoms with van der Waals surface area (Å²) in [6, 6.07) is 8.42. The number of carboxylic acids is 1. The monoisotopic (exact) mass is 403 g/mol. The van der Waals surface area contributed by atoms with Crippen molar-refractivity contribution < 1.29 is 40.9 Å². The Morgan fingerprint density at radius 1 is 1.24 bits per heavy atom. The number of piperidine rings is 1. The molecule has 0 unspecified atom stereocenters. The number of rotatable bonds is 7. The summed E-state index contributed by atoms with van der Waals surface area (Å²) in [6.07, 6.45) is 8.06. The molecule has 7 nitrogen and oxygen atoms in total. The molecule has 0 atom stereocenters. The molecule has 1 saturated heterocycles. The maximum atomic E-state index is 10.9. The number of carbonyl (C=O) groups is 1. The minimum atomic E-state index is -0.996. The SMILES string of the molecule is O=C(O)c1cnc(N2CCC(CNCCc3c[nH]c4ccccc34)CC2)nc1.[H-].[Na+]. The van der Waals surface area contributed by atoms with Gasteiger partial charge in [0.25, 0.3) is 0 Å². The van der Waals surface area contributed by atoms with Crippen LogP contribution in [0.4, 0.5) is 5.95 Å². The zero-order chi connectivity index (χ0) is 19.3. The number of H-pyrrole nitrogens is 1. The number of aromatic nitrogens is 3. The van der Waals surface area contributed by atoms with E-state index in [1.807, 2.05) is 0 Å². The van der Waals surface area contributed by atoms with Gasteiger partial charge in [0.1, 0.15) is 0 Å². The van der Waals surface area contributed by atoms with Gasteiger partial charge < -0.3 is 21.7 Å². The molecule has 1 fully saturated rings. The van der Waals surface area contributed by atoms with Gasteiger partial charge in [0.15, 0.2) is 0 Å². The van der Waals surface area contributed by atoms with Crippen LogP contribution in [-0.2, 0) is 6.42 Å². The number of aromatic amines is 1. The summed E-state index contributed by atoms with van der Waals surface area (Å²) >= 11 is 0. The molecule has 0 spiro atoms. The Kier molecular flexibility index (Phi) is 7.66. The second-order valence-corrected chi connectivity index (χ2v) is 7.32. The summed E-state index contributed by atoms with van der Waals surface area (Å²) in [5, 5.41) is 13.8. The van der Waals surface area contributed by atoms with Gasteiger partial charge in [-0.3, -0.25) is 0 Å². The van der Waals surface area contributed by atoms with Crippen LogP contribution in [0.3, 0.4) is 0 Å². The Morgan fingerprint density at radius 3 is 2.69 bits per heavy atom. The van der Waals surface area contributed by atoms with Crippen molar-refractivity contribution in [3.05, 3.63) is 54.0 Å². The van der Waals surface area contributed by atoms with Crippen molar-refractivity contribution in [2.45, 2.75) is 19.3 Å². The molecule has 3 heterocycles. The number of hydrogen-bond donors (Lipinski definition) is 3. The zero-order valence-corrected chi connectivity index (χ0v) is 18.8. The first-order valence-electron chi connectivity index (χ1n) is 9.76. The van der Waals surface area contributed by atoms with Gasteiger partial charge in [-0.15, -0.1) is 0 Å². The van der Waals surface area contributed by atoms with E-state index in [1.165, 1.54) is 28.9 Å². The summed E-state index contributed by atoms with van der Waals surface area (Å²) in [5.41, 5.74) is 2.68. The number of fused-ring (bicyclic) bond motifs is 1. The van der Waals surface area contributed by atoms with Crippen LogP contribution >= 0.6 is 0 Å². The zero-order valence-electron chi connectivity index (χ0n) is 17.8. The molecule has 0 saturated carbocycles. The van der Waals surface area contributed by atoms with Gasteiger partial charge >= 0.3 is 35.5 Å². The average molecular weight is 403 g/mol. The molecule has 1 aliphatic heterocycles. The quantitative estimate of drug-likeness (QED) is 0.374. The minimum Gasteiger partial charge on any atom is -1.00 e. The van der Waals surface area contributed by atoms with Crippen LogP contribution in [0.1, 0.15) is 30.2 Å². The van der Waals surface area contributed by atoms with E-state index in [1.54, 1.807) is 0 Å². The first-order chi connectivity index (χ1) is 13.7. The maximum Gasteiger partial charge on any atom is 1.00 e. The topological polar surface area (TPSA) is 94.1 Å². The molecule has 3 N–H and O–H groups in total. The second kappa shape index (κ2) is 10.2. The fourth-order valence-electron chi connectivity index (χ4n) is 3.80. The second-order valence-electron chi connectivity index (χ2n) is 7.32. The Bertz CT molecular complexity index is 942. The Morgan fingerprint density at radius 2 is 1.97 bits per heavy atom. The van der Waals surface area contributed by atoms with E-state index in [2.05, 4.69) is 55.6 Å². The van der Waals surface area contributed by atoms with E-state index in [0.29, 0.717) is 11.9 Å². The molecular weight excluding hydrogens is 377 g/mol. The van der Waals surface area contributed by atoms with Crippen LogP contribution in [0, 0.1) is 5.92 Å². The first kappa shape index (κ1) is 21.8. The number of nitrogens with zero attached hydrogens (tertiary/aromatic N) is 3. The van der Waals surface area contributed by atoms with E-state index < -0.39 is 5.97 Å². The molecule has 1 aromatic carbocycles. The molecule has 0 aliphatic carbocycles. The molecule has 0 radical (unpaired) electrons. The van der Waals surface area contributed by atoms with Gasteiger partial charge in [-0.1, -0.05) is 18.2 Å². The van der Waals surface area contributed by atoms with Crippen LogP contribution in [-0.4, -0.2) is 52.2 Å². The van der Waals surface area contributed by atoms with Crippen LogP contribution in [0.5, 0.6) is 0 Å². The van der Waals surface area contributed by atoms with Crippen molar-refractivity contribution in [1.29, 1.82) is 0 Å². The van der Waals surface area contributed by atoms with Gasteiger partial charge in [-0.05, 0) is 49.9 Å². The Balaban J connectivity index is 0.00000160. The number of nitrogens with one attached hydrogen (secondary N) is 2. The van der Waals surface area contributed by atoms with Crippen LogP contribution < -0.4 is 39.8 Å². The predicted molar refractivity (Wildman–Crippen MR) is 110 cm³/mol. The number of hydrogen-bond acceptors (Lipinski definition) is 5. The fourth-order valence-corrected chi connectivity index (χ4v) is 3.80. The Hall–Kier alpha value is -1.93.